The highest BCUT2D eigenvalue weighted by Crippen LogP contribution is 2.34. The van der Waals surface area contributed by atoms with E-state index in [9.17, 15) is 19.2 Å². The molecule has 0 aromatic carbocycles. The summed E-state index contributed by atoms with van der Waals surface area (Å²) in [5, 5.41) is 1.75. The Balaban J connectivity index is 1.32. The molecule has 2 atom stereocenters. The van der Waals surface area contributed by atoms with Crippen LogP contribution in [0.1, 0.15) is 25.0 Å². The fourth-order valence-corrected chi connectivity index (χ4v) is 4.22. The molecule has 0 bridgehead atoms. The minimum atomic E-state index is -0.545. The molecule has 0 radical (unpaired) electrons. The molecule has 0 unspecified atom stereocenters. The van der Waals surface area contributed by atoms with Gasteiger partial charge in [0, 0.05) is 24.2 Å². The van der Waals surface area contributed by atoms with Crippen LogP contribution in [0.2, 0.25) is 0 Å². The molecule has 2 aromatic rings. The van der Waals surface area contributed by atoms with Crippen molar-refractivity contribution in [3.63, 3.8) is 0 Å². The Kier molecular flexibility index (Phi) is 4.61. The highest BCUT2D eigenvalue weighted by Gasteiger charge is 2.46. The third-order valence-corrected chi connectivity index (χ3v) is 5.63. The summed E-state index contributed by atoms with van der Waals surface area (Å²) in [6.45, 7) is -0.108. The number of likely N-dealkylation sites (tertiary alicyclic amines) is 1. The van der Waals surface area contributed by atoms with Crippen LogP contribution in [0.5, 0.6) is 0 Å². The van der Waals surface area contributed by atoms with Crippen LogP contribution in [0.4, 0.5) is 0 Å². The number of aromatic nitrogens is 2. The first-order chi connectivity index (χ1) is 13.0. The van der Waals surface area contributed by atoms with Crippen molar-refractivity contribution < 1.29 is 19.1 Å². The van der Waals surface area contributed by atoms with Crippen LogP contribution in [0.15, 0.2) is 34.6 Å². The van der Waals surface area contributed by atoms with E-state index in [1.165, 1.54) is 26.7 Å². The van der Waals surface area contributed by atoms with Crippen molar-refractivity contribution in [2.75, 3.05) is 6.54 Å². The van der Waals surface area contributed by atoms with Gasteiger partial charge in [0.05, 0.1) is 24.0 Å². The highest BCUT2D eigenvalue weighted by molar-refractivity contribution is 7.15. The zero-order chi connectivity index (χ0) is 19.0. The molecule has 2 aliphatic rings. The van der Waals surface area contributed by atoms with E-state index < -0.39 is 5.97 Å². The van der Waals surface area contributed by atoms with E-state index >= 15 is 0 Å². The van der Waals surface area contributed by atoms with Crippen molar-refractivity contribution in [1.29, 1.82) is 0 Å². The standard InChI is InChI=1S/C18H17N3O5S/c22-14-9-11(19-18-20(14)7-8-27-18)10-26-15(23)5-6-21-16(24)12-3-1-2-4-13(12)17(21)25/h1-2,7-9,12-13H,3-6,10H2/t12-,13-/m1/s1. The van der Waals surface area contributed by atoms with E-state index in [4.69, 9.17) is 4.74 Å². The third-order valence-electron chi connectivity index (χ3n) is 4.88. The van der Waals surface area contributed by atoms with Gasteiger partial charge in [-0.2, -0.15) is 0 Å². The minimum Gasteiger partial charge on any atom is -0.459 e. The molecule has 2 aromatic heterocycles. The molecule has 0 N–H and O–H groups in total. The van der Waals surface area contributed by atoms with Gasteiger partial charge in [-0.15, -0.1) is 11.3 Å². The van der Waals surface area contributed by atoms with Gasteiger partial charge in [-0.05, 0) is 12.8 Å². The molecule has 0 saturated carbocycles. The summed E-state index contributed by atoms with van der Waals surface area (Å²) in [5.74, 6) is -1.56. The fraction of sp³-hybridized carbons (Fsp3) is 0.389. The molecule has 27 heavy (non-hydrogen) atoms. The first-order valence-corrected chi connectivity index (χ1v) is 9.54. The number of allylic oxidation sites excluding steroid dienone is 2. The second kappa shape index (κ2) is 7.07. The zero-order valence-corrected chi connectivity index (χ0v) is 15.2. The van der Waals surface area contributed by atoms with E-state index in [1.807, 2.05) is 12.2 Å². The zero-order valence-electron chi connectivity index (χ0n) is 14.4. The average molecular weight is 387 g/mol. The molecule has 3 heterocycles. The van der Waals surface area contributed by atoms with E-state index in [-0.39, 0.29) is 48.8 Å². The lowest BCUT2D eigenvalue weighted by atomic mass is 9.85. The van der Waals surface area contributed by atoms with Gasteiger partial charge >= 0.3 is 5.97 Å². The monoisotopic (exact) mass is 387 g/mol. The second-order valence-electron chi connectivity index (χ2n) is 6.54. The van der Waals surface area contributed by atoms with Crippen molar-refractivity contribution in [2.45, 2.75) is 25.9 Å². The number of amides is 2. The maximum Gasteiger partial charge on any atom is 0.307 e. The number of nitrogens with zero attached hydrogens (tertiary/aromatic N) is 3. The molecule has 1 saturated heterocycles. The number of hydrogen-bond donors (Lipinski definition) is 0. The van der Waals surface area contributed by atoms with Crippen LogP contribution in [0.3, 0.4) is 0 Å². The van der Waals surface area contributed by atoms with Gasteiger partial charge < -0.3 is 4.74 Å². The number of esters is 1. The topological polar surface area (TPSA) is 98.0 Å². The smallest absolute Gasteiger partial charge is 0.307 e. The average Bonchev–Trinajstić information content (AvgIpc) is 3.23. The van der Waals surface area contributed by atoms with Crippen molar-refractivity contribution >= 4 is 34.1 Å². The maximum atomic E-state index is 12.4. The number of rotatable bonds is 5. The predicted octanol–water partition coefficient (Wildman–Crippen LogP) is 1.14. The Morgan fingerprint density at radius 1 is 1.19 bits per heavy atom. The van der Waals surface area contributed by atoms with Gasteiger partial charge in [0.25, 0.3) is 5.56 Å². The van der Waals surface area contributed by atoms with Crippen LogP contribution < -0.4 is 5.56 Å². The van der Waals surface area contributed by atoms with Gasteiger partial charge in [0.1, 0.15) is 6.61 Å². The molecule has 8 nitrogen and oxygen atoms in total. The number of carbonyl (C=O) groups is 3. The minimum absolute atomic E-state index is 0.0174. The summed E-state index contributed by atoms with van der Waals surface area (Å²) in [6.07, 6.45) is 6.53. The quantitative estimate of drug-likeness (QED) is 0.434. The number of ether oxygens (including phenoxy) is 1. The van der Waals surface area contributed by atoms with Gasteiger partial charge in [-0.25, -0.2) is 4.98 Å². The van der Waals surface area contributed by atoms with Crippen molar-refractivity contribution in [3.8, 4) is 0 Å². The van der Waals surface area contributed by atoms with Crippen LogP contribution in [-0.2, 0) is 25.7 Å². The summed E-state index contributed by atoms with van der Waals surface area (Å²) in [7, 11) is 0. The van der Waals surface area contributed by atoms with Gasteiger partial charge in [-0.1, -0.05) is 12.2 Å². The van der Waals surface area contributed by atoms with Gasteiger partial charge in [0.15, 0.2) is 4.96 Å². The Morgan fingerprint density at radius 3 is 2.59 bits per heavy atom. The molecule has 1 fully saturated rings. The van der Waals surface area contributed by atoms with Crippen LogP contribution in [-0.4, -0.2) is 38.6 Å². The number of hydrogen-bond acceptors (Lipinski definition) is 7. The summed E-state index contributed by atoms with van der Waals surface area (Å²) in [5.41, 5.74) is 0.123. The van der Waals surface area contributed by atoms with Crippen LogP contribution in [0.25, 0.3) is 4.96 Å². The number of carbonyl (C=O) groups excluding carboxylic acids is 3. The summed E-state index contributed by atoms with van der Waals surface area (Å²) < 4.78 is 6.56. The molecule has 4 rings (SSSR count). The maximum absolute atomic E-state index is 12.4. The van der Waals surface area contributed by atoms with Gasteiger partial charge in [-0.3, -0.25) is 28.5 Å². The molecule has 1 aliphatic heterocycles. The van der Waals surface area contributed by atoms with E-state index in [2.05, 4.69) is 4.98 Å². The normalized spacial score (nSPS) is 21.7. The molecular weight excluding hydrogens is 370 g/mol. The van der Waals surface area contributed by atoms with Crippen molar-refractivity contribution in [3.05, 3.63) is 45.8 Å². The van der Waals surface area contributed by atoms with Crippen LogP contribution >= 0.6 is 11.3 Å². The second-order valence-corrected chi connectivity index (χ2v) is 7.41. The van der Waals surface area contributed by atoms with E-state index in [1.54, 1.807) is 11.6 Å². The molecule has 9 heteroatoms. The Morgan fingerprint density at radius 2 is 1.89 bits per heavy atom. The molecular formula is C18H17N3O5S. The van der Waals surface area contributed by atoms with Gasteiger partial charge in [0.2, 0.25) is 11.8 Å². The molecule has 0 spiro atoms. The summed E-state index contributed by atoms with van der Waals surface area (Å²) in [4.78, 5) is 54.6. The number of thiazole rings is 1. The Labute approximate surface area is 158 Å². The molecule has 2 amide bonds. The summed E-state index contributed by atoms with van der Waals surface area (Å²) >= 11 is 1.31. The largest absolute Gasteiger partial charge is 0.459 e. The van der Waals surface area contributed by atoms with E-state index in [0.717, 1.165) is 0 Å². The predicted molar refractivity (Wildman–Crippen MR) is 95.8 cm³/mol. The molecule has 140 valence electrons. The highest BCUT2D eigenvalue weighted by atomic mass is 32.1. The lowest BCUT2D eigenvalue weighted by Crippen LogP contribution is -2.33. The first kappa shape index (κ1) is 17.6. The first-order valence-electron chi connectivity index (χ1n) is 8.66. The fourth-order valence-electron chi connectivity index (χ4n) is 3.48. The van der Waals surface area contributed by atoms with Crippen molar-refractivity contribution in [1.82, 2.24) is 14.3 Å². The Bertz CT molecular complexity index is 982. The number of fused-ring (bicyclic) bond motifs is 2. The molecule has 1 aliphatic carbocycles. The Hall–Kier alpha value is -2.81. The number of imide groups is 1. The summed E-state index contributed by atoms with van der Waals surface area (Å²) in [6, 6.07) is 1.32. The van der Waals surface area contributed by atoms with Crippen molar-refractivity contribution in [2.24, 2.45) is 11.8 Å². The van der Waals surface area contributed by atoms with E-state index in [0.29, 0.717) is 23.5 Å². The lowest BCUT2D eigenvalue weighted by molar-refractivity contribution is -0.146. The lowest BCUT2D eigenvalue weighted by Gasteiger charge is -2.14. The van der Waals surface area contributed by atoms with Crippen LogP contribution in [0, 0.1) is 11.8 Å². The SMILES string of the molecule is O=C(CCN1C(=O)[C@@H]2CC=CC[C@H]2C1=O)OCc1cc(=O)n2ccsc2n1. The third kappa shape index (κ3) is 3.30.